The van der Waals surface area contributed by atoms with E-state index in [4.69, 9.17) is 0 Å². The van der Waals surface area contributed by atoms with Gasteiger partial charge in [0.15, 0.2) is 6.20 Å². The van der Waals surface area contributed by atoms with Crippen LogP contribution in [0.3, 0.4) is 0 Å². The van der Waals surface area contributed by atoms with Crippen molar-refractivity contribution in [3.05, 3.63) is 132 Å². The van der Waals surface area contributed by atoms with Crippen molar-refractivity contribution in [2.75, 3.05) is 4.90 Å². The monoisotopic (exact) mass is 515 g/mol. The van der Waals surface area contributed by atoms with Crippen LogP contribution in [0.4, 0.5) is 5.69 Å². The highest BCUT2D eigenvalue weighted by Gasteiger charge is 2.27. The number of hydrogen-bond donors (Lipinski definition) is 0. The Morgan fingerprint density at radius 2 is 1.76 bits per heavy atom. The number of pyridine rings is 1. The van der Waals surface area contributed by atoms with Gasteiger partial charge in [0.2, 0.25) is 5.52 Å². The van der Waals surface area contributed by atoms with Crippen molar-refractivity contribution >= 4 is 40.0 Å². The predicted molar refractivity (Wildman–Crippen MR) is 159 cm³/mol. The SMILES string of the molecule is CC(C)N1/C(=C/C(=C/c2cc[n+](C)c3ccccc23)c2ccc(Cn3ccnc3)cc2)Sc2ccccc21. The average molecular weight is 516 g/mol. The molecule has 1 aliphatic heterocycles. The zero-order valence-corrected chi connectivity index (χ0v) is 22.8. The smallest absolute Gasteiger partial charge is 0.212 e. The third-order valence-corrected chi connectivity index (χ3v) is 8.06. The van der Waals surface area contributed by atoms with Crippen LogP contribution in [-0.2, 0) is 13.6 Å². The molecule has 0 N–H and O–H groups in total. The van der Waals surface area contributed by atoms with Gasteiger partial charge < -0.3 is 9.47 Å². The Bertz CT molecular complexity index is 1650. The number of allylic oxidation sites excluding steroid dienone is 2. The van der Waals surface area contributed by atoms with Crippen LogP contribution in [0.15, 0.2) is 120 Å². The highest BCUT2D eigenvalue weighted by molar-refractivity contribution is 8.03. The second-order valence-corrected chi connectivity index (χ2v) is 11.0. The maximum absolute atomic E-state index is 4.18. The minimum absolute atomic E-state index is 0.354. The van der Waals surface area contributed by atoms with Gasteiger partial charge in [0, 0.05) is 42.0 Å². The van der Waals surface area contributed by atoms with Crippen LogP contribution in [0, 0.1) is 0 Å². The molecule has 5 heteroatoms. The van der Waals surface area contributed by atoms with Crippen LogP contribution in [0.25, 0.3) is 22.6 Å². The van der Waals surface area contributed by atoms with Crippen molar-refractivity contribution in [1.82, 2.24) is 9.55 Å². The number of aromatic nitrogens is 3. The fraction of sp³-hybridized carbons (Fsp3) is 0.152. The lowest BCUT2D eigenvalue weighted by Gasteiger charge is -2.25. The zero-order valence-electron chi connectivity index (χ0n) is 22.0. The number of rotatable bonds is 6. The van der Waals surface area contributed by atoms with Gasteiger partial charge in [0.1, 0.15) is 7.05 Å². The van der Waals surface area contributed by atoms with Gasteiger partial charge in [0.25, 0.3) is 0 Å². The number of fused-ring (bicyclic) bond motifs is 2. The zero-order chi connectivity index (χ0) is 26.1. The van der Waals surface area contributed by atoms with E-state index in [9.17, 15) is 0 Å². The maximum Gasteiger partial charge on any atom is 0.212 e. The lowest BCUT2D eigenvalue weighted by atomic mass is 9.99. The molecule has 4 nitrogen and oxygen atoms in total. The Morgan fingerprint density at radius 3 is 2.55 bits per heavy atom. The van der Waals surface area contributed by atoms with E-state index in [2.05, 4.69) is 137 Å². The highest BCUT2D eigenvalue weighted by atomic mass is 32.2. The first-order valence-corrected chi connectivity index (χ1v) is 13.8. The van der Waals surface area contributed by atoms with Crippen molar-refractivity contribution < 1.29 is 4.57 Å². The van der Waals surface area contributed by atoms with Gasteiger partial charge in [0.05, 0.1) is 22.4 Å². The van der Waals surface area contributed by atoms with Crippen molar-refractivity contribution in [1.29, 1.82) is 0 Å². The molecule has 0 fully saturated rings. The largest absolute Gasteiger partial charge is 0.333 e. The molecule has 3 aromatic carbocycles. The van der Waals surface area contributed by atoms with E-state index in [0.717, 1.165) is 6.54 Å². The summed E-state index contributed by atoms with van der Waals surface area (Å²) < 4.78 is 4.27. The Hall–Kier alpha value is -4.09. The summed E-state index contributed by atoms with van der Waals surface area (Å²) in [5.41, 5.74) is 7.36. The van der Waals surface area contributed by atoms with Crippen LogP contribution in [-0.4, -0.2) is 15.6 Å². The Morgan fingerprint density at radius 1 is 0.974 bits per heavy atom. The molecule has 0 spiro atoms. The predicted octanol–water partition coefficient (Wildman–Crippen LogP) is 7.31. The Labute approximate surface area is 228 Å². The van der Waals surface area contributed by atoms with Gasteiger partial charge in [-0.2, -0.15) is 0 Å². The quantitative estimate of drug-likeness (QED) is 0.222. The fourth-order valence-corrected chi connectivity index (χ4v) is 6.31. The molecular weight excluding hydrogens is 484 g/mol. The van der Waals surface area contributed by atoms with Gasteiger partial charge in [-0.25, -0.2) is 9.55 Å². The standard InChI is InChI=1S/C33H31N4S/c1-24(2)37-31-10-6-7-11-32(31)38-33(37)21-28(20-27-16-18-35(3)30-9-5-4-8-29(27)30)26-14-12-25(13-15-26)22-36-19-17-34-23-36/h4-21,23-24H,22H2,1-3H3/q+1. The number of benzene rings is 3. The number of nitrogens with zero attached hydrogens (tertiary/aromatic N) is 4. The summed E-state index contributed by atoms with van der Waals surface area (Å²) in [6.07, 6.45) is 12.5. The Kier molecular flexibility index (Phi) is 6.61. The molecular formula is C33H31N4S+. The van der Waals surface area contributed by atoms with E-state index in [0.29, 0.717) is 6.04 Å². The molecule has 5 aromatic rings. The first kappa shape index (κ1) is 24.3. The molecule has 0 saturated carbocycles. The summed E-state index contributed by atoms with van der Waals surface area (Å²) in [6, 6.07) is 28.8. The summed E-state index contributed by atoms with van der Waals surface area (Å²) in [4.78, 5) is 7.93. The highest BCUT2D eigenvalue weighted by Crippen LogP contribution is 2.47. The third kappa shape index (κ3) is 4.77. The average Bonchev–Trinajstić information content (AvgIpc) is 3.58. The van der Waals surface area contributed by atoms with Crippen molar-refractivity contribution in [2.24, 2.45) is 7.05 Å². The van der Waals surface area contributed by atoms with Crippen molar-refractivity contribution in [2.45, 2.75) is 31.3 Å². The Balaban J connectivity index is 1.46. The molecule has 0 amide bonds. The molecule has 2 aromatic heterocycles. The van der Waals surface area contributed by atoms with Crippen LogP contribution < -0.4 is 9.47 Å². The van der Waals surface area contributed by atoms with Crippen LogP contribution in [0.1, 0.15) is 30.5 Å². The molecule has 6 rings (SSSR count). The lowest BCUT2D eigenvalue weighted by molar-refractivity contribution is -0.644. The summed E-state index contributed by atoms with van der Waals surface area (Å²) in [7, 11) is 2.10. The lowest BCUT2D eigenvalue weighted by Crippen LogP contribution is -2.28. The van der Waals surface area contributed by atoms with Crippen LogP contribution in [0.5, 0.6) is 0 Å². The third-order valence-electron chi connectivity index (χ3n) is 6.97. The minimum atomic E-state index is 0.354. The van der Waals surface area contributed by atoms with Crippen molar-refractivity contribution in [3.63, 3.8) is 0 Å². The molecule has 0 saturated heterocycles. The van der Waals surface area contributed by atoms with Crippen LogP contribution in [0.2, 0.25) is 0 Å². The van der Waals surface area contributed by atoms with E-state index >= 15 is 0 Å². The summed E-state index contributed by atoms with van der Waals surface area (Å²) in [5.74, 6) is 0. The molecule has 3 heterocycles. The number of anilines is 1. The first-order chi connectivity index (χ1) is 18.6. The van der Waals surface area contributed by atoms with Gasteiger partial charge in [-0.1, -0.05) is 60.3 Å². The number of para-hydroxylation sites is 2. The number of thioether (sulfide) groups is 1. The molecule has 0 atom stereocenters. The molecule has 1 aliphatic rings. The maximum atomic E-state index is 4.18. The van der Waals surface area contributed by atoms with Crippen molar-refractivity contribution in [3.8, 4) is 0 Å². The van der Waals surface area contributed by atoms with Gasteiger partial charge in [-0.05, 0) is 66.5 Å². The number of hydrogen-bond acceptors (Lipinski definition) is 3. The molecule has 38 heavy (non-hydrogen) atoms. The molecule has 0 radical (unpaired) electrons. The van der Waals surface area contributed by atoms with E-state index in [1.807, 2.05) is 30.5 Å². The second kappa shape index (κ2) is 10.3. The van der Waals surface area contributed by atoms with Crippen LogP contribution >= 0.6 is 11.8 Å². The normalized spacial score (nSPS) is 14.6. The first-order valence-electron chi connectivity index (χ1n) is 13.0. The summed E-state index contributed by atoms with van der Waals surface area (Å²) in [6.45, 7) is 5.33. The van der Waals surface area contributed by atoms with E-state index in [-0.39, 0.29) is 0 Å². The summed E-state index contributed by atoms with van der Waals surface area (Å²) >= 11 is 1.85. The van der Waals surface area contributed by atoms with Gasteiger partial charge in [-0.3, -0.25) is 0 Å². The van der Waals surface area contributed by atoms with Gasteiger partial charge in [-0.15, -0.1) is 0 Å². The topological polar surface area (TPSA) is 24.9 Å². The van der Waals surface area contributed by atoms with E-state index in [1.165, 1.54) is 48.8 Å². The molecule has 0 aliphatic carbocycles. The summed E-state index contributed by atoms with van der Waals surface area (Å²) in [5, 5.41) is 2.49. The van der Waals surface area contributed by atoms with E-state index < -0.39 is 0 Å². The number of imidazole rings is 1. The second-order valence-electron chi connectivity index (χ2n) is 9.95. The number of aryl methyl sites for hydroxylation is 1. The fourth-order valence-electron chi connectivity index (χ4n) is 5.07. The molecule has 0 bridgehead atoms. The van der Waals surface area contributed by atoms with Gasteiger partial charge >= 0.3 is 0 Å². The molecule has 188 valence electrons. The molecule has 0 unspecified atom stereocenters. The minimum Gasteiger partial charge on any atom is -0.333 e. The van der Waals surface area contributed by atoms with E-state index in [1.54, 1.807) is 0 Å².